The molecule has 1 unspecified atom stereocenters. The van der Waals surface area contributed by atoms with Gasteiger partial charge in [0.15, 0.2) is 6.10 Å². The first kappa shape index (κ1) is 47.4. The van der Waals surface area contributed by atoms with E-state index in [2.05, 4.69) is 38.2 Å². The number of ether oxygens (including phenoxy) is 2. The maximum atomic E-state index is 12.2. The molecular formula is C44H82O5. The molecule has 0 aliphatic rings. The van der Waals surface area contributed by atoms with Crippen LogP contribution in [0.25, 0.3) is 0 Å². The second-order valence-electron chi connectivity index (χ2n) is 14.4. The highest BCUT2D eigenvalue weighted by Crippen LogP contribution is 2.15. The molecule has 0 aromatic rings. The highest BCUT2D eigenvalue weighted by molar-refractivity contribution is 5.70. The van der Waals surface area contributed by atoms with Gasteiger partial charge >= 0.3 is 11.9 Å². The number of carbonyl (C=O) groups is 2. The molecule has 0 heterocycles. The zero-order valence-corrected chi connectivity index (χ0v) is 32.7. The monoisotopic (exact) mass is 691 g/mol. The summed E-state index contributed by atoms with van der Waals surface area (Å²) >= 11 is 0. The van der Waals surface area contributed by atoms with Gasteiger partial charge in [-0.25, -0.2) is 0 Å². The molecule has 0 bridgehead atoms. The van der Waals surface area contributed by atoms with Crippen LogP contribution >= 0.6 is 0 Å². The fourth-order valence-electron chi connectivity index (χ4n) is 6.23. The Kier molecular flexibility index (Phi) is 39.5. The van der Waals surface area contributed by atoms with Gasteiger partial charge < -0.3 is 14.6 Å². The fourth-order valence-corrected chi connectivity index (χ4v) is 6.23. The zero-order valence-electron chi connectivity index (χ0n) is 32.7. The first-order valence-electron chi connectivity index (χ1n) is 21.4. The van der Waals surface area contributed by atoms with Crippen molar-refractivity contribution in [2.45, 2.75) is 232 Å². The first-order chi connectivity index (χ1) is 24.1. The van der Waals surface area contributed by atoms with Gasteiger partial charge in [0, 0.05) is 12.8 Å². The molecular weight excluding hydrogens is 608 g/mol. The van der Waals surface area contributed by atoms with Crippen LogP contribution in [0.15, 0.2) is 24.3 Å². The molecule has 0 aromatic carbocycles. The zero-order chi connectivity index (χ0) is 35.7. The minimum atomic E-state index is -0.774. The lowest BCUT2D eigenvalue weighted by Gasteiger charge is -2.15. The molecule has 0 aliphatic carbocycles. The standard InChI is InChI=1S/C44H82O5/c1-3-5-7-9-11-13-15-17-19-20-21-22-23-25-26-28-30-32-34-36-38-43(46)48-41-42(40-45)49-44(47)39-37-35-33-31-29-27-24-18-16-14-12-10-8-6-4-2/h12,14,18,24,42,45H,3-11,13,15-17,19-23,25-41H2,1-2H3/b14-12-,24-18-. The van der Waals surface area contributed by atoms with Gasteiger partial charge in [-0.05, 0) is 44.9 Å². The molecule has 49 heavy (non-hydrogen) atoms. The third kappa shape index (κ3) is 39.0. The number of aliphatic hydroxyl groups excluding tert-OH is 1. The first-order valence-corrected chi connectivity index (χ1v) is 21.4. The van der Waals surface area contributed by atoms with Gasteiger partial charge in [0.1, 0.15) is 6.61 Å². The van der Waals surface area contributed by atoms with E-state index >= 15 is 0 Å². The van der Waals surface area contributed by atoms with Crippen molar-refractivity contribution in [1.82, 2.24) is 0 Å². The van der Waals surface area contributed by atoms with E-state index in [1.165, 1.54) is 148 Å². The lowest BCUT2D eigenvalue weighted by atomic mass is 10.0. The van der Waals surface area contributed by atoms with Crippen LogP contribution in [-0.4, -0.2) is 36.4 Å². The van der Waals surface area contributed by atoms with E-state index in [4.69, 9.17) is 9.47 Å². The summed E-state index contributed by atoms with van der Waals surface area (Å²) < 4.78 is 10.6. The quantitative estimate of drug-likeness (QED) is 0.0395. The predicted octanol–water partition coefficient (Wildman–Crippen LogP) is 13.5. The number of hydrogen-bond acceptors (Lipinski definition) is 5. The van der Waals surface area contributed by atoms with Crippen molar-refractivity contribution >= 4 is 11.9 Å². The van der Waals surface area contributed by atoms with Crippen molar-refractivity contribution in [3.63, 3.8) is 0 Å². The highest BCUT2D eigenvalue weighted by atomic mass is 16.6. The summed E-state index contributed by atoms with van der Waals surface area (Å²) in [7, 11) is 0. The summed E-state index contributed by atoms with van der Waals surface area (Å²) in [5.74, 6) is -0.597. The van der Waals surface area contributed by atoms with Crippen LogP contribution in [0.5, 0.6) is 0 Å². The lowest BCUT2D eigenvalue weighted by molar-refractivity contribution is -0.161. The van der Waals surface area contributed by atoms with Crippen LogP contribution in [0.2, 0.25) is 0 Å². The van der Waals surface area contributed by atoms with Gasteiger partial charge in [0.05, 0.1) is 6.61 Å². The average Bonchev–Trinajstić information content (AvgIpc) is 3.10. The van der Waals surface area contributed by atoms with Crippen molar-refractivity contribution in [1.29, 1.82) is 0 Å². The van der Waals surface area contributed by atoms with Crippen molar-refractivity contribution < 1.29 is 24.2 Å². The van der Waals surface area contributed by atoms with Gasteiger partial charge in [-0.15, -0.1) is 0 Å². The number of esters is 2. The third-order valence-electron chi connectivity index (χ3n) is 9.50. The normalized spacial score (nSPS) is 12.3. The second kappa shape index (κ2) is 40.8. The summed E-state index contributed by atoms with van der Waals surface area (Å²) in [5.41, 5.74) is 0. The number of unbranched alkanes of at least 4 members (excludes halogenated alkanes) is 27. The minimum absolute atomic E-state index is 0.0670. The summed E-state index contributed by atoms with van der Waals surface area (Å²) in [6.45, 7) is 4.12. The minimum Gasteiger partial charge on any atom is -0.462 e. The summed E-state index contributed by atoms with van der Waals surface area (Å²) in [6.07, 6.45) is 48.2. The molecule has 1 N–H and O–H groups in total. The Morgan fingerprint density at radius 1 is 0.469 bits per heavy atom. The van der Waals surface area contributed by atoms with Crippen LogP contribution in [-0.2, 0) is 19.1 Å². The maximum absolute atomic E-state index is 12.2. The van der Waals surface area contributed by atoms with Crippen molar-refractivity contribution in [2.75, 3.05) is 13.2 Å². The van der Waals surface area contributed by atoms with Gasteiger partial charge in [-0.2, -0.15) is 0 Å². The molecule has 288 valence electrons. The Balaban J connectivity index is 3.50. The summed E-state index contributed by atoms with van der Waals surface area (Å²) in [4.78, 5) is 24.3. The molecule has 0 saturated heterocycles. The van der Waals surface area contributed by atoms with Crippen LogP contribution in [0.3, 0.4) is 0 Å². The number of rotatable bonds is 39. The Bertz CT molecular complexity index is 746. The van der Waals surface area contributed by atoms with E-state index in [1.54, 1.807) is 0 Å². The molecule has 5 nitrogen and oxygen atoms in total. The highest BCUT2D eigenvalue weighted by Gasteiger charge is 2.16. The summed E-state index contributed by atoms with van der Waals surface area (Å²) in [6, 6.07) is 0. The van der Waals surface area contributed by atoms with Crippen LogP contribution in [0.1, 0.15) is 226 Å². The molecule has 0 fully saturated rings. The maximum Gasteiger partial charge on any atom is 0.306 e. The number of hydrogen-bond donors (Lipinski definition) is 1. The Morgan fingerprint density at radius 2 is 0.816 bits per heavy atom. The van der Waals surface area contributed by atoms with E-state index < -0.39 is 6.10 Å². The number of allylic oxidation sites excluding steroid dienone is 4. The van der Waals surface area contributed by atoms with Gasteiger partial charge in [-0.1, -0.05) is 192 Å². The smallest absolute Gasteiger partial charge is 0.306 e. The lowest BCUT2D eigenvalue weighted by Crippen LogP contribution is -2.28. The molecule has 0 saturated carbocycles. The molecule has 0 radical (unpaired) electrons. The molecule has 0 spiro atoms. The van der Waals surface area contributed by atoms with E-state index in [-0.39, 0.29) is 25.2 Å². The van der Waals surface area contributed by atoms with Crippen LogP contribution in [0.4, 0.5) is 0 Å². The van der Waals surface area contributed by atoms with Gasteiger partial charge in [-0.3, -0.25) is 9.59 Å². The molecule has 0 amide bonds. The van der Waals surface area contributed by atoms with E-state index in [0.717, 1.165) is 51.4 Å². The van der Waals surface area contributed by atoms with Crippen LogP contribution in [0, 0.1) is 0 Å². The van der Waals surface area contributed by atoms with E-state index in [1.807, 2.05) is 0 Å². The Labute approximate surface area is 304 Å². The largest absolute Gasteiger partial charge is 0.462 e. The predicted molar refractivity (Wildman–Crippen MR) is 210 cm³/mol. The van der Waals surface area contributed by atoms with Crippen molar-refractivity contribution in [2.24, 2.45) is 0 Å². The summed E-state index contributed by atoms with van der Waals surface area (Å²) in [5, 5.41) is 9.56. The second-order valence-corrected chi connectivity index (χ2v) is 14.4. The number of aliphatic hydroxyl groups is 1. The van der Waals surface area contributed by atoms with Gasteiger partial charge in [0.25, 0.3) is 0 Å². The SMILES string of the molecule is CCCCC/C=C\C/C=C\CCCCCCCC(=O)OC(CO)COC(=O)CCCCCCCCCCCCCCCCCCCCCC. The van der Waals surface area contributed by atoms with Crippen molar-refractivity contribution in [3.05, 3.63) is 24.3 Å². The molecule has 5 heteroatoms. The van der Waals surface area contributed by atoms with Gasteiger partial charge in [0.2, 0.25) is 0 Å². The molecule has 0 aliphatic heterocycles. The van der Waals surface area contributed by atoms with Crippen LogP contribution < -0.4 is 0 Å². The fraction of sp³-hybridized carbons (Fsp3) is 0.864. The average molecular weight is 691 g/mol. The molecule has 1 atom stereocenters. The van der Waals surface area contributed by atoms with E-state index in [0.29, 0.717) is 12.8 Å². The Morgan fingerprint density at radius 3 is 1.24 bits per heavy atom. The third-order valence-corrected chi connectivity index (χ3v) is 9.50. The molecule has 0 aromatic heterocycles. The van der Waals surface area contributed by atoms with Crippen molar-refractivity contribution in [3.8, 4) is 0 Å². The van der Waals surface area contributed by atoms with E-state index in [9.17, 15) is 14.7 Å². The Hall–Kier alpha value is -1.62. The topological polar surface area (TPSA) is 72.8 Å². The number of carbonyl (C=O) groups excluding carboxylic acids is 2. The molecule has 0 rings (SSSR count).